The first kappa shape index (κ1) is 17.5. The van der Waals surface area contributed by atoms with Crippen molar-refractivity contribution in [3.8, 4) is 0 Å². The summed E-state index contributed by atoms with van der Waals surface area (Å²) >= 11 is 4.39. The summed E-state index contributed by atoms with van der Waals surface area (Å²) in [6, 6.07) is 0. The molecule has 0 bridgehead atoms. The third-order valence-electron chi connectivity index (χ3n) is 3.65. The first-order chi connectivity index (χ1) is 10.6. The Hall–Kier alpha value is -1.82. The molecular weight excluding hydrogens is 346 g/mol. The van der Waals surface area contributed by atoms with Gasteiger partial charge in [-0.05, 0) is 20.8 Å². The van der Waals surface area contributed by atoms with Crippen LogP contribution < -0.4 is 16.4 Å². The molecule has 2 aromatic heterocycles. The molecule has 0 aromatic carbocycles. The SMILES string of the molecule is Cc1c(C)n2c(CNC(=O)CS(=O)(=S)OO)c(C)c(=O)n2c1=O. The van der Waals surface area contributed by atoms with Gasteiger partial charge in [0.1, 0.15) is 5.75 Å². The van der Waals surface area contributed by atoms with Crippen molar-refractivity contribution in [3.05, 3.63) is 43.2 Å². The number of hydrogen-bond donors (Lipinski definition) is 2. The quantitative estimate of drug-likeness (QED) is 0.512. The van der Waals surface area contributed by atoms with E-state index >= 15 is 0 Å². The molecule has 9 nitrogen and oxygen atoms in total. The van der Waals surface area contributed by atoms with E-state index in [1.54, 1.807) is 20.8 Å². The number of carbonyl (C=O) groups excluding carboxylic acids is 1. The molecule has 23 heavy (non-hydrogen) atoms. The maximum Gasteiger partial charge on any atom is 0.277 e. The van der Waals surface area contributed by atoms with Crippen LogP contribution in [0.4, 0.5) is 0 Å². The summed E-state index contributed by atoms with van der Waals surface area (Å²) in [5, 5.41) is 10.8. The van der Waals surface area contributed by atoms with Gasteiger partial charge in [0.15, 0.2) is 8.77 Å². The smallest absolute Gasteiger partial charge is 0.277 e. The van der Waals surface area contributed by atoms with Gasteiger partial charge in [-0.15, -0.1) is 4.33 Å². The molecular formula is C12H15N3O6S2. The Bertz CT molecular complexity index is 989. The minimum atomic E-state index is -3.53. The van der Waals surface area contributed by atoms with Crippen LogP contribution in [0.1, 0.15) is 22.5 Å². The Morgan fingerprint density at radius 1 is 1.22 bits per heavy atom. The number of aryl methyl sites for hydroxylation is 1. The molecule has 1 atom stereocenters. The number of amides is 1. The van der Waals surface area contributed by atoms with Crippen molar-refractivity contribution in [1.29, 1.82) is 0 Å². The first-order valence-electron chi connectivity index (χ1n) is 6.49. The van der Waals surface area contributed by atoms with E-state index in [0.29, 0.717) is 22.5 Å². The summed E-state index contributed by atoms with van der Waals surface area (Å²) < 4.78 is 17.4. The molecule has 0 saturated heterocycles. The van der Waals surface area contributed by atoms with Crippen LogP contribution in [0.3, 0.4) is 0 Å². The number of fused-ring (bicyclic) bond motifs is 1. The van der Waals surface area contributed by atoms with Crippen LogP contribution in [0.25, 0.3) is 0 Å². The fourth-order valence-electron chi connectivity index (χ4n) is 2.29. The molecule has 0 saturated carbocycles. The number of aromatic nitrogens is 2. The van der Waals surface area contributed by atoms with E-state index in [1.165, 1.54) is 4.52 Å². The molecule has 0 aliphatic carbocycles. The van der Waals surface area contributed by atoms with Crippen LogP contribution in [0.2, 0.25) is 0 Å². The minimum absolute atomic E-state index is 0.0684. The number of nitrogens with one attached hydrogen (secondary N) is 1. The largest absolute Gasteiger partial charge is 0.350 e. The molecule has 0 radical (unpaired) electrons. The van der Waals surface area contributed by atoms with Crippen LogP contribution in [0, 0.1) is 20.8 Å². The van der Waals surface area contributed by atoms with Gasteiger partial charge in [-0.2, -0.15) is 4.52 Å². The summed E-state index contributed by atoms with van der Waals surface area (Å²) in [4.78, 5) is 35.9. The highest BCUT2D eigenvalue weighted by Gasteiger charge is 2.21. The van der Waals surface area contributed by atoms with Crippen molar-refractivity contribution in [3.63, 3.8) is 0 Å². The molecule has 2 heterocycles. The monoisotopic (exact) mass is 361 g/mol. The van der Waals surface area contributed by atoms with Gasteiger partial charge < -0.3 is 5.32 Å². The van der Waals surface area contributed by atoms with Crippen molar-refractivity contribution in [2.75, 3.05) is 5.75 Å². The Kier molecular flexibility index (Phi) is 4.57. The highest BCUT2D eigenvalue weighted by molar-refractivity contribution is 8.30. The van der Waals surface area contributed by atoms with E-state index in [1.807, 2.05) is 0 Å². The molecule has 2 aromatic rings. The van der Waals surface area contributed by atoms with Gasteiger partial charge in [-0.3, -0.25) is 14.4 Å². The normalized spacial score (nSPS) is 14.1. The standard InChI is InChI=1S/C12H15N3O6S2/c1-6-8(3)14-9(7(2)12(18)15(14)11(6)17)4-13-10(16)5-23(20,22)21-19/h19H,4-5H2,1-3H3,(H,13,16). The van der Waals surface area contributed by atoms with Gasteiger partial charge >= 0.3 is 0 Å². The molecule has 11 heteroatoms. The first-order valence-corrected chi connectivity index (χ1v) is 9.07. The van der Waals surface area contributed by atoms with Crippen molar-refractivity contribution in [2.24, 2.45) is 0 Å². The van der Waals surface area contributed by atoms with Gasteiger partial charge in [-0.25, -0.2) is 14.0 Å². The molecule has 2 rings (SSSR count). The fraction of sp³-hybridized carbons (Fsp3) is 0.417. The van der Waals surface area contributed by atoms with E-state index in [0.717, 1.165) is 4.52 Å². The predicted octanol–water partition coefficient (Wildman–Crippen LogP) is -1.11. The molecule has 1 amide bonds. The highest BCUT2D eigenvalue weighted by Crippen LogP contribution is 2.09. The lowest BCUT2D eigenvalue weighted by atomic mass is 10.2. The maximum atomic E-state index is 12.2. The second-order valence-electron chi connectivity index (χ2n) is 5.07. The van der Waals surface area contributed by atoms with Crippen molar-refractivity contribution in [2.45, 2.75) is 27.3 Å². The van der Waals surface area contributed by atoms with E-state index in [2.05, 4.69) is 20.8 Å². The van der Waals surface area contributed by atoms with Crippen molar-refractivity contribution >= 4 is 25.9 Å². The summed E-state index contributed by atoms with van der Waals surface area (Å²) in [5.74, 6) is -1.41. The summed E-state index contributed by atoms with van der Waals surface area (Å²) in [7, 11) is -3.53. The summed E-state index contributed by atoms with van der Waals surface area (Å²) in [6.45, 7) is 4.78. The molecule has 126 valence electrons. The molecule has 0 spiro atoms. The molecule has 1 unspecified atom stereocenters. The van der Waals surface area contributed by atoms with Crippen LogP contribution in [0.15, 0.2) is 9.59 Å². The van der Waals surface area contributed by atoms with E-state index in [4.69, 9.17) is 5.26 Å². The Labute approximate surface area is 135 Å². The Morgan fingerprint density at radius 2 is 1.78 bits per heavy atom. The zero-order valence-corrected chi connectivity index (χ0v) is 14.2. The molecule has 0 aliphatic heterocycles. The minimum Gasteiger partial charge on any atom is -0.350 e. The second kappa shape index (κ2) is 6.00. The third-order valence-corrected chi connectivity index (χ3v) is 5.03. The van der Waals surface area contributed by atoms with Gasteiger partial charge in [0, 0.05) is 28.0 Å². The van der Waals surface area contributed by atoms with Crippen molar-refractivity contribution in [1.82, 2.24) is 14.3 Å². The zero-order valence-electron chi connectivity index (χ0n) is 12.6. The maximum absolute atomic E-state index is 12.2. The Morgan fingerprint density at radius 3 is 2.35 bits per heavy atom. The van der Waals surface area contributed by atoms with E-state index < -0.39 is 31.6 Å². The average molecular weight is 361 g/mol. The summed E-state index contributed by atoms with van der Waals surface area (Å²) in [6.07, 6.45) is 0. The van der Waals surface area contributed by atoms with E-state index in [9.17, 15) is 18.6 Å². The van der Waals surface area contributed by atoms with Crippen molar-refractivity contribution < 1.29 is 18.6 Å². The van der Waals surface area contributed by atoms with Crippen LogP contribution in [-0.4, -0.2) is 30.2 Å². The number of nitrogens with zero attached hydrogens (tertiary/aromatic N) is 2. The lowest BCUT2D eigenvalue weighted by Gasteiger charge is -2.07. The van der Waals surface area contributed by atoms with Crippen LogP contribution in [0.5, 0.6) is 0 Å². The highest BCUT2D eigenvalue weighted by atomic mass is 32.8. The van der Waals surface area contributed by atoms with Crippen LogP contribution in [-0.2, 0) is 35.6 Å². The number of hydrogen-bond acceptors (Lipinski definition) is 7. The molecule has 2 N–H and O–H groups in total. The average Bonchev–Trinajstić information content (AvgIpc) is 2.86. The molecule has 0 aliphatic rings. The Balaban J connectivity index is 2.37. The lowest BCUT2D eigenvalue weighted by molar-refractivity contribution is -0.128. The zero-order chi connectivity index (χ0) is 17.5. The van der Waals surface area contributed by atoms with Gasteiger partial charge in [0.2, 0.25) is 5.91 Å². The molecule has 0 fully saturated rings. The fourth-order valence-corrected chi connectivity index (χ4v) is 3.09. The number of carbonyl (C=O) groups is 1. The van der Waals surface area contributed by atoms with Gasteiger partial charge in [0.25, 0.3) is 11.1 Å². The van der Waals surface area contributed by atoms with Gasteiger partial charge in [0.05, 0.1) is 12.2 Å². The van der Waals surface area contributed by atoms with Crippen LogP contribution >= 0.6 is 0 Å². The predicted molar refractivity (Wildman–Crippen MR) is 84.7 cm³/mol. The lowest BCUT2D eigenvalue weighted by Crippen LogP contribution is -2.30. The summed E-state index contributed by atoms with van der Waals surface area (Å²) in [5.41, 5.74) is 0.929. The van der Waals surface area contributed by atoms with E-state index in [-0.39, 0.29) is 6.54 Å². The number of rotatable bonds is 5. The topological polar surface area (TPSA) is 119 Å². The van der Waals surface area contributed by atoms with Gasteiger partial charge in [-0.1, -0.05) is 0 Å². The third kappa shape index (κ3) is 3.00. The second-order valence-corrected chi connectivity index (χ2v) is 8.15.